The van der Waals surface area contributed by atoms with Gasteiger partial charge >= 0.3 is 0 Å². The molecular weight excluding hydrogens is 190 g/mol. The summed E-state index contributed by atoms with van der Waals surface area (Å²) in [5, 5.41) is 2.40. The standard InChI is InChI=1S/C9H16ClNS/c1-7(11-2)12-9-5-3-8(10)4-6-9/h8-9H,3-6H2,1-2H3. The molecular formula is C9H16ClNS. The van der Waals surface area contributed by atoms with Crippen LogP contribution in [0, 0.1) is 0 Å². The molecule has 1 fully saturated rings. The number of aliphatic imine (C=N–C) groups is 1. The number of thioether (sulfide) groups is 1. The highest BCUT2D eigenvalue weighted by atomic mass is 35.5. The lowest BCUT2D eigenvalue weighted by molar-refractivity contribution is 0.524. The van der Waals surface area contributed by atoms with Crippen LogP contribution in [0.15, 0.2) is 4.99 Å². The predicted octanol–water partition coefficient (Wildman–Crippen LogP) is 3.32. The fourth-order valence-electron chi connectivity index (χ4n) is 1.43. The first-order valence-electron chi connectivity index (χ1n) is 4.46. The molecule has 0 amide bonds. The Bertz CT molecular complexity index is 162. The summed E-state index contributed by atoms with van der Waals surface area (Å²) in [6.07, 6.45) is 4.86. The number of nitrogens with zero attached hydrogens (tertiary/aromatic N) is 1. The molecule has 0 bridgehead atoms. The van der Waals surface area contributed by atoms with E-state index in [4.69, 9.17) is 11.6 Å². The van der Waals surface area contributed by atoms with Crippen LogP contribution in [0.2, 0.25) is 0 Å². The molecule has 0 saturated heterocycles. The van der Waals surface area contributed by atoms with Gasteiger partial charge in [0.25, 0.3) is 0 Å². The molecule has 3 heteroatoms. The number of alkyl halides is 1. The second kappa shape index (κ2) is 5.13. The Morgan fingerprint density at radius 1 is 1.33 bits per heavy atom. The van der Waals surface area contributed by atoms with Crippen LogP contribution >= 0.6 is 23.4 Å². The smallest absolute Gasteiger partial charge is 0.0644 e. The van der Waals surface area contributed by atoms with Crippen LogP contribution in [0.4, 0.5) is 0 Å². The van der Waals surface area contributed by atoms with Crippen molar-refractivity contribution in [1.82, 2.24) is 0 Å². The largest absolute Gasteiger partial charge is 0.287 e. The second-order valence-corrected chi connectivity index (χ2v) is 5.34. The molecule has 1 aliphatic rings. The van der Waals surface area contributed by atoms with Crippen molar-refractivity contribution in [2.24, 2.45) is 4.99 Å². The van der Waals surface area contributed by atoms with Crippen LogP contribution in [0.3, 0.4) is 0 Å². The molecule has 0 radical (unpaired) electrons. The van der Waals surface area contributed by atoms with Crippen LogP contribution in [-0.4, -0.2) is 22.7 Å². The van der Waals surface area contributed by atoms with Crippen molar-refractivity contribution in [3.63, 3.8) is 0 Å². The van der Waals surface area contributed by atoms with Crippen LogP contribution in [0.5, 0.6) is 0 Å². The van der Waals surface area contributed by atoms with Crippen LogP contribution in [-0.2, 0) is 0 Å². The average molecular weight is 206 g/mol. The molecule has 0 N–H and O–H groups in total. The first-order valence-corrected chi connectivity index (χ1v) is 5.78. The molecule has 1 rings (SSSR count). The summed E-state index contributed by atoms with van der Waals surface area (Å²) in [5.74, 6) is 0. The van der Waals surface area contributed by atoms with Crippen molar-refractivity contribution in [3.8, 4) is 0 Å². The van der Waals surface area contributed by atoms with Crippen LogP contribution < -0.4 is 0 Å². The van der Waals surface area contributed by atoms with E-state index in [9.17, 15) is 0 Å². The maximum absolute atomic E-state index is 6.01. The van der Waals surface area contributed by atoms with E-state index in [0.29, 0.717) is 5.38 Å². The zero-order valence-electron chi connectivity index (χ0n) is 7.72. The van der Waals surface area contributed by atoms with Gasteiger partial charge < -0.3 is 0 Å². The third kappa shape index (κ3) is 3.36. The molecule has 0 atom stereocenters. The van der Waals surface area contributed by atoms with Gasteiger partial charge in [-0.05, 0) is 32.6 Å². The Kier molecular flexibility index (Phi) is 4.44. The predicted molar refractivity (Wildman–Crippen MR) is 58.5 cm³/mol. The van der Waals surface area contributed by atoms with Gasteiger partial charge in [0.05, 0.1) is 5.04 Å². The molecule has 1 saturated carbocycles. The minimum Gasteiger partial charge on any atom is -0.287 e. The SMILES string of the molecule is CN=C(C)SC1CCC(Cl)CC1. The molecule has 0 aromatic rings. The topological polar surface area (TPSA) is 12.4 Å². The van der Waals surface area contributed by atoms with Gasteiger partial charge in [0.1, 0.15) is 0 Å². The van der Waals surface area contributed by atoms with Gasteiger partial charge in [-0.2, -0.15) is 0 Å². The minimum absolute atomic E-state index is 0.431. The summed E-state index contributed by atoms with van der Waals surface area (Å²) in [6, 6.07) is 0. The van der Waals surface area contributed by atoms with Gasteiger partial charge in [-0.15, -0.1) is 23.4 Å². The summed E-state index contributed by atoms with van der Waals surface area (Å²) < 4.78 is 0. The molecule has 0 unspecified atom stereocenters. The molecule has 1 aliphatic carbocycles. The Morgan fingerprint density at radius 3 is 2.42 bits per heavy atom. The fraction of sp³-hybridized carbons (Fsp3) is 0.889. The van der Waals surface area contributed by atoms with Gasteiger partial charge in [-0.1, -0.05) is 0 Å². The van der Waals surface area contributed by atoms with Crippen molar-refractivity contribution in [1.29, 1.82) is 0 Å². The lowest BCUT2D eigenvalue weighted by Gasteiger charge is -2.23. The average Bonchev–Trinajstić information content (AvgIpc) is 2.09. The van der Waals surface area contributed by atoms with Crippen LogP contribution in [0.1, 0.15) is 32.6 Å². The van der Waals surface area contributed by atoms with Crippen molar-refractivity contribution in [3.05, 3.63) is 0 Å². The van der Waals surface area contributed by atoms with Crippen LogP contribution in [0.25, 0.3) is 0 Å². The van der Waals surface area contributed by atoms with E-state index in [1.165, 1.54) is 30.7 Å². The van der Waals surface area contributed by atoms with E-state index in [1.807, 2.05) is 18.8 Å². The van der Waals surface area contributed by atoms with Crippen molar-refractivity contribution in [2.75, 3.05) is 7.05 Å². The monoisotopic (exact) mass is 205 g/mol. The van der Waals surface area contributed by atoms with E-state index < -0.39 is 0 Å². The van der Waals surface area contributed by atoms with E-state index in [-0.39, 0.29) is 0 Å². The molecule has 0 aromatic carbocycles. The lowest BCUT2D eigenvalue weighted by Crippen LogP contribution is -2.17. The molecule has 0 aliphatic heterocycles. The highest BCUT2D eigenvalue weighted by Crippen LogP contribution is 2.31. The first kappa shape index (κ1) is 10.4. The van der Waals surface area contributed by atoms with Gasteiger partial charge in [-0.25, -0.2) is 0 Å². The van der Waals surface area contributed by atoms with Gasteiger partial charge in [0.15, 0.2) is 0 Å². The zero-order valence-corrected chi connectivity index (χ0v) is 9.29. The maximum atomic E-state index is 6.01. The Balaban J connectivity index is 2.26. The van der Waals surface area contributed by atoms with E-state index >= 15 is 0 Å². The molecule has 12 heavy (non-hydrogen) atoms. The summed E-state index contributed by atoms with van der Waals surface area (Å²) >= 11 is 7.93. The van der Waals surface area contributed by atoms with Crippen molar-refractivity contribution in [2.45, 2.75) is 43.2 Å². The number of halogens is 1. The number of hydrogen-bond acceptors (Lipinski definition) is 2. The summed E-state index contributed by atoms with van der Waals surface area (Å²) in [5.41, 5.74) is 0. The van der Waals surface area contributed by atoms with E-state index in [0.717, 1.165) is 5.25 Å². The van der Waals surface area contributed by atoms with E-state index in [2.05, 4.69) is 11.9 Å². The highest BCUT2D eigenvalue weighted by molar-refractivity contribution is 8.14. The fourth-order valence-corrected chi connectivity index (χ4v) is 2.78. The molecule has 0 heterocycles. The third-order valence-corrected chi connectivity index (χ3v) is 4.02. The van der Waals surface area contributed by atoms with Gasteiger partial charge in [0, 0.05) is 17.7 Å². The molecule has 0 aromatic heterocycles. The second-order valence-electron chi connectivity index (χ2n) is 3.23. The van der Waals surface area contributed by atoms with Crippen molar-refractivity contribution >= 4 is 28.4 Å². The Morgan fingerprint density at radius 2 is 1.92 bits per heavy atom. The van der Waals surface area contributed by atoms with Gasteiger partial charge in [-0.3, -0.25) is 4.99 Å². The maximum Gasteiger partial charge on any atom is 0.0644 e. The lowest BCUT2D eigenvalue weighted by atomic mass is 10.00. The molecule has 0 spiro atoms. The summed E-state index contributed by atoms with van der Waals surface area (Å²) in [4.78, 5) is 4.15. The molecule has 1 nitrogen and oxygen atoms in total. The Hall–Kier alpha value is 0.310. The minimum atomic E-state index is 0.431. The summed E-state index contributed by atoms with van der Waals surface area (Å²) in [6.45, 7) is 2.08. The quantitative estimate of drug-likeness (QED) is 0.364. The third-order valence-electron chi connectivity index (χ3n) is 2.26. The first-order chi connectivity index (χ1) is 5.72. The normalized spacial score (nSPS) is 32.1. The molecule has 70 valence electrons. The van der Waals surface area contributed by atoms with Crippen molar-refractivity contribution < 1.29 is 0 Å². The van der Waals surface area contributed by atoms with Gasteiger partial charge in [0.2, 0.25) is 0 Å². The van der Waals surface area contributed by atoms with E-state index in [1.54, 1.807) is 0 Å². The summed E-state index contributed by atoms with van der Waals surface area (Å²) in [7, 11) is 1.86. The zero-order chi connectivity index (χ0) is 8.97. The highest BCUT2D eigenvalue weighted by Gasteiger charge is 2.20. The number of hydrogen-bond donors (Lipinski definition) is 0. The number of rotatable bonds is 1. The Labute approximate surface area is 84.0 Å².